The Bertz CT molecular complexity index is 160. The highest BCUT2D eigenvalue weighted by atomic mass is 31.1. The molecule has 50 valence electrons. The molecule has 0 bridgehead atoms. The van der Waals surface area contributed by atoms with Crippen LogP contribution in [-0.4, -0.2) is 21.8 Å². The van der Waals surface area contributed by atoms with Gasteiger partial charge in [-0.25, -0.2) is 0 Å². The van der Waals surface area contributed by atoms with Crippen molar-refractivity contribution in [3.8, 4) is 6.07 Å². The second-order valence-corrected chi connectivity index (χ2v) is 2.92. The summed E-state index contributed by atoms with van der Waals surface area (Å²) >= 11 is 0. The number of nitriles is 1. The van der Waals surface area contributed by atoms with E-state index >= 15 is 0 Å². The minimum atomic E-state index is -2.42. The molecule has 0 rings (SSSR count). The maximum absolute atomic E-state index is 10.0. The molecule has 2 unspecified atom stereocenters. The van der Waals surface area contributed by atoms with Gasteiger partial charge >= 0.3 is 8.03 Å². The van der Waals surface area contributed by atoms with Crippen molar-refractivity contribution < 1.29 is 14.6 Å². The van der Waals surface area contributed by atoms with E-state index in [0.29, 0.717) is 0 Å². The van der Waals surface area contributed by atoms with Gasteiger partial charge in [-0.2, -0.15) is 10.2 Å². The van der Waals surface area contributed by atoms with Gasteiger partial charge in [-0.3, -0.25) is 0 Å². The molecule has 0 aromatic heterocycles. The topological polar surface area (TPSA) is 81.3 Å². The second-order valence-electron chi connectivity index (χ2n) is 1.90. The summed E-state index contributed by atoms with van der Waals surface area (Å²) in [6, 6.07) is 1.48. The normalized spacial score (nSPS) is 17.8. The lowest BCUT2D eigenvalue weighted by Gasteiger charge is -2.02. The molecule has 0 saturated carbocycles. The lowest BCUT2D eigenvalue weighted by Crippen LogP contribution is -2.24. The lowest BCUT2D eigenvalue weighted by molar-refractivity contribution is 0.142. The van der Waals surface area contributed by atoms with Crippen LogP contribution in [0.4, 0.5) is 0 Å². The molecule has 9 heavy (non-hydrogen) atoms. The van der Waals surface area contributed by atoms with E-state index in [-0.39, 0.29) is 0 Å². The van der Waals surface area contributed by atoms with E-state index in [9.17, 15) is 4.57 Å². The summed E-state index contributed by atoms with van der Waals surface area (Å²) in [7, 11) is -2.42. The van der Waals surface area contributed by atoms with Crippen LogP contribution >= 0.6 is 8.03 Å². The van der Waals surface area contributed by atoms with E-state index in [1.165, 1.54) is 13.0 Å². The standard InChI is InChI=1S/C4H6NO3P/c1-4(6,2-5)3-9(7)8/h6H,3H2,1H3/p+1. The third-order valence-corrected chi connectivity index (χ3v) is 1.57. The van der Waals surface area contributed by atoms with Crippen molar-refractivity contribution in [2.75, 3.05) is 6.16 Å². The quantitative estimate of drug-likeness (QED) is 0.426. The lowest BCUT2D eigenvalue weighted by atomic mass is 10.2. The predicted octanol–water partition coefficient (Wildman–Crippen LogP) is -0.00432. The van der Waals surface area contributed by atoms with Gasteiger partial charge in [0.25, 0.3) is 0 Å². The Hall–Kier alpha value is -0.490. The largest absolute Gasteiger partial charge is 0.509 e. The highest BCUT2D eigenvalue weighted by Crippen LogP contribution is 2.19. The molecule has 5 heteroatoms. The van der Waals surface area contributed by atoms with Gasteiger partial charge in [-0.05, 0) is 11.5 Å². The van der Waals surface area contributed by atoms with Gasteiger partial charge < -0.3 is 5.11 Å². The van der Waals surface area contributed by atoms with Crippen LogP contribution in [0.1, 0.15) is 6.92 Å². The van der Waals surface area contributed by atoms with Crippen molar-refractivity contribution in [3.63, 3.8) is 0 Å². The molecule has 0 aromatic carbocycles. The minimum absolute atomic E-state index is 0.390. The zero-order valence-corrected chi connectivity index (χ0v) is 5.80. The molecule has 2 N–H and O–H groups in total. The van der Waals surface area contributed by atoms with Gasteiger partial charge in [-0.15, -0.1) is 0 Å². The molecule has 0 aromatic rings. The van der Waals surface area contributed by atoms with Crippen molar-refractivity contribution >= 4 is 8.03 Å². The first kappa shape index (κ1) is 8.51. The molecule has 2 atom stereocenters. The van der Waals surface area contributed by atoms with Gasteiger partial charge in [0.05, 0.1) is 0 Å². The average molecular weight is 148 g/mol. The van der Waals surface area contributed by atoms with Crippen molar-refractivity contribution in [2.24, 2.45) is 0 Å². The maximum Gasteiger partial charge on any atom is 0.509 e. The Morgan fingerprint density at radius 1 is 1.89 bits per heavy atom. The van der Waals surface area contributed by atoms with Crippen LogP contribution in [0.25, 0.3) is 0 Å². The molecule has 0 aliphatic carbocycles. The highest BCUT2D eigenvalue weighted by Gasteiger charge is 2.30. The summed E-state index contributed by atoms with van der Waals surface area (Å²) in [5.74, 6) is 0. The molecule has 4 nitrogen and oxygen atoms in total. The molecule has 0 aliphatic rings. The molecule has 0 heterocycles. The Morgan fingerprint density at radius 3 is 2.44 bits per heavy atom. The van der Waals surface area contributed by atoms with Crippen molar-refractivity contribution in [1.29, 1.82) is 5.26 Å². The second kappa shape index (κ2) is 2.88. The first-order valence-electron chi connectivity index (χ1n) is 2.25. The fraction of sp³-hybridized carbons (Fsp3) is 0.750. The van der Waals surface area contributed by atoms with Crippen LogP contribution in [-0.2, 0) is 4.57 Å². The number of aliphatic hydroxyl groups is 1. The van der Waals surface area contributed by atoms with Crippen LogP contribution in [0.3, 0.4) is 0 Å². The molecular formula is C4H7NO3P+. The predicted molar refractivity (Wildman–Crippen MR) is 30.9 cm³/mol. The molecule has 0 fully saturated rings. The van der Waals surface area contributed by atoms with Crippen LogP contribution in [0, 0.1) is 11.3 Å². The first-order valence-corrected chi connectivity index (χ1v) is 3.65. The van der Waals surface area contributed by atoms with Gasteiger partial charge in [0, 0.05) is 0 Å². The summed E-state index contributed by atoms with van der Waals surface area (Å²) in [4.78, 5) is 8.22. The Morgan fingerprint density at radius 2 is 2.33 bits per heavy atom. The zero-order chi connectivity index (χ0) is 7.49. The van der Waals surface area contributed by atoms with E-state index in [1.807, 2.05) is 0 Å². The van der Waals surface area contributed by atoms with Crippen LogP contribution < -0.4 is 0 Å². The molecule has 0 amide bonds. The third-order valence-electron chi connectivity index (χ3n) is 0.684. The zero-order valence-electron chi connectivity index (χ0n) is 4.90. The fourth-order valence-corrected chi connectivity index (χ4v) is 0.896. The summed E-state index contributed by atoms with van der Waals surface area (Å²) < 4.78 is 10.0. The third kappa shape index (κ3) is 4.04. The number of rotatable bonds is 2. The molecule has 0 radical (unpaired) electrons. The molecule has 0 spiro atoms. The average Bonchev–Trinajstić information content (AvgIpc) is 1.63. The molecule has 0 saturated heterocycles. The van der Waals surface area contributed by atoms with Crippen molar-refractivity contribution in [3.05, 3.63) is 0 Å². The summed E-state index contributed by atoms with van der Waals surface area (Å²) in [5.41, 5.74) is -1.66. The van der Waals surface area contributed by atoms with E-state index in [1.54, 1.807) is 0 Å². The molecular weight excluding hydrogens is 141 g/mol. The summed E-state index contributed by atoms with van der Waals surface area (Å²) in [6.07, 6.45) is -0.390. The Kier molecular flexibility index (Phi) is 2.72. The SMILES string of the molecule is CC(O)(C#N)C[P+](=O)O. The van der Waals surface area contributed by atoms with Crippen LogP contribution in [0.15, 0.2) is 0 Å². The van der Waals surface area contributed by atoms with Crippen molar-refractivity contribution in [2.45, 2.75) is 12.5 Å². The minimum Gasteiger partial charge on any atom is -0.372 e. The van der Waals surface area contributed by atoms with E-state index in [0.717, 1.165) is 0 Å². The number of hydrogen-bond donors (Lipinski definition) is 2. The van der Waals surface area contributed by atoms with E-state index in [4.69, 9.17) is 15.3 Å². The van der Waals surface area contributed by atoms with Gasteiger partial charge in [0.15, 0.2) is 5.60 Å². The van der Waals surface area contributed by atoms with Crippen molar-refractivity contribution in [1.82, 2.24) is 0 Å². The maximum atomic E-state index is 10.0. The number of nitrogens with zero attached hydrogens (tertiary/aromatic N) is 1. The van der Waals surface area contributed by atoms with E-state index < -0.39 is 19.8 Å². The number of hydrogen-bond acceptors (Lipinski definition) is 3. The smallest absolute Gasteiger partial charge is 0.372 e. The van der Waals surface area contributed by atoms with Crippen LogP contribution in [0.5, 0.6) is 0 Å². The van der Waals surface area contributed by atoms with Gasteiger partial charge in [0.1, 0.15) is 6.07 Å². The summed E-state index contributed by atoms with van der Waals surface area (Å²) in [5, 5.41) is 16.9. The van der Waals surface area contributed by atoms with Crippen LogP contribution in [0.2, 0.25) is 0 Å². The van der Waals surface area contributed by atoms with E-state index in [2.05, 4.69) is 0 Å². The Balaban J connectivity index is 3.91. The first-order chi connectivity index (χ1) is 3.98. The van der Waals surface area contributed by atoms with Gasteiger partial charge in [-0.1, -0.05) is 0 Å². The monoisotopic (exact) mass is 148 g/mol. The Labute approximate surface area is 53.6 Å². The fourth-order valence-electron chi connectivity index (χ4n) is 0.299. The highest BCUT2D eigenvalue weighted by molar-refractivity contribution is 7.38. The molecule has 0 aliphatic heterocycles. The summed E-state index contributed by atoms with van der Waals surface area (Å²) in [6.45, 7) is 1.19. The van der Waals surface area contributed by atoms with Gasteiger partial charge in [0.2, 0.25) is 6.16 Å².